The van der Waals surface area contributed by atoms with Crippen molar-refractivity contribution in [1.29, 1.82) is 0 Å². The van der Waals surface area contributed by atoms with E-state index in [9.17, 15) is 14.7 Å². The number of aromatic carboxylic acids is 1. The molecule has 2 atom stereocenters. The smallest absolute Gasteiger partial charge is 0.335 e. The molecule has 3 fully saturated rings. The SMILES string of the molecule is COc1cccc(C(Nc2cccc(C(=O)O)c2)C(=O)O[C@H]2CN3CCC2CC3)c1. The average molecular weight is 410 g/mol. The van der Waals surface area contributed by atoms with Crippen molar-refractivity contribution in [2.24, 2.45) is 5.92 Å². The van der Waals surface area contributed by atoms with Crippen molar-refractivity contribution in [1.82, 2.24) is 4.90 Å². The molecular weight excluding hydrogens is 384 g/mol. The Balaban J connectivity index is 1.59. The summed E-state index contributed by atoms with van der Waals surface area (Å²) in [6.07, 6.45) is 1.99. The molecule has 30 heavy (non-hydrogen) atoms. The summed E-state index contributed by atoms with van der Waals surface area (Å²) in [6, 6.07) is 12.9. The fourth-order valence-corrected chi connectivity index (χ4v) is 4.27. The summed E-state index contributed by atoms with van der Waals surface area (Å²) in [5, 5.41) is 12.4. The van der Waals surface area contributed by atoms with Gasteiger partial charge in [0.15, 0.2) is 6.04 Å². The zero-order valence-electron chi connectivity index (χ0n) is 16.9. The number of nitrogens with zero attached hydrogens (tertiary/aromatic N) is 1. The molecule has 3 aliphatic heterocycles. The largest absolute Gasteiger partial charge is 0.497 e. The van der Waals surface area contributed by atoms with Crippen LogP contribution in [0.1, 0.15) is 34.8 Å². The molecule has 0 aromatic heterocycles. The van der Waals surface area contributed by atoms with Gasteiger partial charge < -0.3 is 19.9 Å². The van der Waals surface area contributed by atoms with E-state index < -0.39 is 12.0 Å². The van der Waals surface area contributed by atoms with Crippen LogP contribution >= 0.6 is 0 Å². The van der Waals surface area contributed by atoms with Gasteiger partial charge in [-0.3, -0.25) is 4.90 Å². The van der Waals surface area contributed by atoms with Crippen molar-refractivity contribution >= 4 is 17.6 Å². The minimum Gasteiger partial charge on any atom is -0.497 e. The zero-order valence-corrected chi connectivity index (χ0v) is 16.9. The average Bonchev–Trinajstić information content (AvgIpc) is 2.78. The Morgan fingerprint density at radius 2 is 1.90 bits per heavy atom. The molecule has 3 heterocycles. The predicted molar refractivity (Wildman–Crippen MR) is 112 cm³/mol. The van der Waals surface area contributed by atoms with Gasteiger partial charge in [-0.25, -0.2) is 9.59 Å². The molecule has 0 radical (unpaired) electrons. The maximum atomic E-state index is 13.3. The molecule has 0 saturated carbocycles. The fraction of sp³-hybridized carbons (Fsp3) is 0.391. The number of benzene rings is 2. The normalized spacial score (nSPS) is 23.4. The maximum Gasteiger partial charge on any atom is 0.335 e. The summed E-state index contributed by atoms with van der Waals surface area (Å²) in [4.78, 5) is 26.9. The summed E-state index contributed by atoms with van der Waals surface area (Å²) < 4.78 is 11.3. The van der Waals surface area contributed by atoms with E-state index >= 15 is 0 Å². The molecule has 2 bridgehead atoms. The number of carbonyl (C=O) groups is 2. The van der Waals surface area contributed by atoms with Crippen LogP contribution in [-0.2, 0) is 9.53 Å². The van der Waals surface area contributed by atoms with Crippen molar-refractivity contribution in [2.45, 2.75) is 25.0 Å². The van der Waals surface area contributed by atoms with E-state index in [-0.39, 0.29) is 17.6 Å². The van der Waals surface area contributed by atoms with Crippen LogP contribution in [0.2, 0.25) is 0 Å². The molecule has 2 aromatic carbocycles. The number of rotatable bonds is 7. The van der Waals surface area contributed by atoms with E-state index in [0.717, 1.165) is 32.5 Å². The van der Waals surface area contributed by atoms with Gasteiger partial charge in [-0.2, -0.15) is 0 Å². The summed E-state index contributed by atoms with van der Waals surface area (Å²) >= 11 is 0. The second kappa shape index (κ2) is 8.75. The van der Waals surface area contributed by atoms with Crippen LogP contribution in [0.15, 0.2) is 48.5 Å². The highest BCUT2D eigenvalue weighted by Crippen LogP contribution is 2.32. The van der Waals surface area contributed by atoms with Crippen molar-refractivity contribution < 1.29 is 24.2 Å². The first-order valence-electron chi connectivity index (χ1n) is 10.2. The van der Waals surface area contributed by atoms with Gasteiger partial charge in [-0.05, 0) is 67.7 Å². The number of carbonyl (C=O) groups excluding carboxylic acids is 1. The van der Waals surface area contributed by atoms with Crippen LogP contribution in [0, 0.1) is 5.92 Å². The van der Waals surface area contributed by atoms with Crippen molar-refractivity contribution in [2.75, 3.05) is 32.1 Å². The highest BCUT2D eigenvalue weighted by atomic mass is 16.5. The van der Waals surface area contributed by atoms with E-state index in [1.807, 2.05) is 18.2 Å². The third kappa shape index (κ3) is 4.41. The van der Waals surface area contributed by atoms with Crippen LogP contribution in [0.4, 0.5) is 5.69 Å². The number of carboxylic acids is 1. The Kier molecular flexibility index (Phi) is 5.90. The van der Waals surface area contributed by atoms with Gasteiger partial charge in [0, 0.05) is 12.2 Å². The van der Waals surface area contributed by atoms with Crippen molar-refractivity contribution in [3.63, 3.8) is 0 Å². The highest BCUT2D eigenvalue weighted by molar-refractivity contribution is 5.89. The Bertz CT molecular complexity index is 923. The molecule has 0 aliphatic carbocycles. The van der Waals surface area contributed by atoms with Gasteiger partial charge in [-0.1, -0.05) is 18.2 Å². The number of fused-ring (bicyclic) bond motifs is 3. The van der Waals surface area contributed by atoms with E-state index in [1.54, 1.807) is 25.3 Å². The molecule has 7 nitrogen and oxygen atoms in total. The first kappa shape index (κ1) is 20.2. The summed E-state index contributed by atoms with van der Waals surface area (Å²) in [5.74, 6) is -0.358. The van der Waals surface area contributed by atoms with Gasteiger partial charge in [0.2, 0.25) is 0 Å². The van der Waals surface area contributed by atoms with Crippen molar-refractivity contribution in [3.8, 4) is 5.75 Å². The Morgan fingerprint density at radius 1 is 1.13 bits per heavy atom. The van der Waals surface area contributed by atoms with E-state index in [2.05, 4.69) is 10.2 Å². The summed E-state index contributed by atoms with van der Waals surface area (Å²) in [6.45, 7) is 2.91. The Labute approximate surface area is 175 Å². The monoisotopic (exact) mass is 410 g/mol. The number of carboxylic acid groups (broad SMARTS) is 1. The number of nitrogens with one attached hydrogen (secondary N) is 1. The zero-order chi connectivity index (χ0) is 21.1. The molecule has 0 spiro atoms. The number of piperidine rings is 3. The number of methoxy groups -OCH3 is 1. The molecule has 5 rings (SSSR count). The number of esters is 1. The molecule has 3 saturated heterocycles. The summed E-state index contributed by atoms with van der Waals surface area (Å²) in [5.41, 5.74) is 1.38. The maximum absolute atomic E-state index is 13.3. The van der Waals surface area contributed by atoms with Crippen LogP contribution < -0.4 is 10.1 Å². The lowest BCUT2D eigenvalue weighted by Gasteiger charge is -2.44. The van der Waals surface area contributed by atoms with Gasteiger partial charge in [-0.15, -0.1) is 0 Å². The lowest BCUT2D eigenvalue weighted by molar-refractivity contribution is -0.159. The second-order valence-corrected chi connectivity index (χ2v) is 7.85. The predicted octanol–water partition coefficient (Wildman–Crippen LogP) is 3.18. The van der Waals surface area contributed by atoms with E-state index in [1.165, 1.54) is 12.1 Å². The molecule has 2 aromatic rings. The quantitative estimate of drug-likeness (QED) is 0.678. The number of hydrogen-bond donors (Lipinski definition) is 2. The van der Waals surface area contributed by atoms with Crippen molar-refractivity contribution in [3.05, 3.63) is 59.7 Å². The topological polar surface area (TPSA) is 88.1 Å². The van der Waals surface area contributed by atoms with Gasteiger partial charge in [0.1, 0.15) is 11.9 Å². The van der Waals surface area contributed by atoms with Crippen LogP contribution in [-0.4, -0.2) is 54.8 Å². The van der Waals surface area contributed by atoms with E-state index in [0.29, 0.717) is 22.9 Å². The minimum absolute atomic E-state index is 0.111. The summed E-state index contributed by atoms with van der Waals surface area (Å²) in [7, 11) is 1.57. The number of ether oxygens (including phenoxy) is 2. The fourth-order valence-electron chi connectivity index (χ4n) is 4.27. The lowest BCUT2D eigenvalue weighted by atomic mass is 9.86. The van der Waals surface area contributed by atoms with Gasteiger partial charge in [0.25, 0.3) is 0 Å². The first-order valence-corrected chi connectivity index (χ1v) is 10.2. The van der Waals surface area contributed by atoms with Crippen LogP contribution in [0.25, 0.3) is 0 Å². The highest BCUT2D eigenvalue weighted by Gasteiger charge is 2.38. The minimum atomic E-state index is -1.02. The molecule has 3 aliphatic rings. The molecular formula is C23H26N2O5. The molecule has 0 amide bonds. The van der Waals surface area contributed by atoms with Crippen LogP contribution in [0.3, 0.4) is 0 Å². The molecule has 158 valence electrons. The standard InChI is InChI=1S/C23H26N2O5/c1-29-19-7-3-4-16(13-19)21(24-18-6-2-5-17(12-18)22(26)27)23(28)30-20-14-25-10-8-15(20)9-11-25/h2-7,12-13,15,20-21,24H,8-11,14H2,1H3,(H,26,27)/t20-,21?/m0/s1. The third-order valence-corrected chi connectivity index (χ3v) is 5.95. The van der Waals surface area contributed by atoms with Gasteiger partial charge >= 0.3 is 11.9 Å². The lowest BCUT2D eigenvalue weighted by Crippen LogP contribution is -2.52. The van der Waals surface area contributed by atoms with E-state index in [4.69, 9.17) is 9.47 Å². The Morgan fingerprint density at radius 3 is 2.57 bits per heavy atom. The number of anilines is 1. The second-order valence-electron chi connectivity index (χ2n) is 7.85. The third-order valence-electron chi connectivity index (χ3n) is 5.95. The molecule has 2 N–H and O–H groups in total. The molecule has 1 unspecified atom stereocenters. The first-order chi connectivity index (χ1) is 14.5. The molecule has 7 heteroatoms. The number of hydrogen-bond acceptors (Lipinski definition) is 6. The Hall–Kier alpha value is -3.06. The van der Waals surface area contributed by atoms with Gasteiger partial charge in [0.05, 0.1) is 12.7 Å². The van der Waals surface area contributed by atoms with Crippen LogP contribution in [0.5, 0.6) is 5.75 Å².